The Balaban J connectivity index is 1.79. The van der Waals surface area contributed by atoms with E-state index in [-0.39, 0.29) is 0 Å². The molecule has 2 unspecified atom stereocenters. The number of nitrogens with one attached hydrogen (secondary N) is 3. The maximum atomic E-state index is 11.7. The predicted molar refractivity (Wildman–Crippen MR) is 103 cm³/mol. The summed E-state index contributed by atoms with van der Waals surface area (Å²) in [5.74, 6) is 0.810. The van der Waals surface area contributed by atoms with E-state index in [1.807, 2.05) is 20.8 Å². The second kappa shape index (κ2) is 8.93. The van der Waals surface area contributed by atoms with Gasteiger partial charge in [-0.15, -0.1) is 0 Å². The van der Waals surface area contributed by atoms with E-state index in [1.54, 1.807) is 0 Å². The van der Waals surface area contributed by atoms with Crippen molar-refractivity contribution in [2.45, 2.75) is 78.0 Å². The van der Waals surface area contributed by atoms with Crippen LogP contribution in [0.5, 0.6) is 0 Å². The van der Waals surface area contributed by atoms with Gasteiger partial charge in [-0.2, -0.15) is 0 Å². The number of aliphatic imine (C=N–C) groups is 1. The molecule has 1 amide bonds. The molecule has 0 bridgehead atoms. The molecule has 7 nitrogen and oxygen atoms in total. The zero-order chi connectivity index (χ0) is 19.2. The molecule has 1 spiro atoms. The van der Waals surface area contributed by atoms with Gasteiger partial charge in [0.15, 0.2) is 5.96 Å². The molecule has 0 saturated heterocycles. The Morgan fingerprint density at radius 1 is 1.23 bits per heavy atom. The van der Waals surface area contributed by atoms with Gasteiger partial charge in [0.25, 0.3) is 0 Å². The lowest BCUT2D eigenvalue weighted by molar-refractivity contribution is -0.168. The summed E-state index contributed by atoms with van der Waals surface area (Å²) in [7, 11) is 0. The van der Waals surface area contributed by atoms with Crippen LogP contribution in [0.2, 0.25) is 0 Å². The van der Waals surface area contributed by atoms with Crippen LogP contribution >= 0.6 is 0 Å². The summed E-state index contributed by atoms with van der Waals surface area (Å²) in [6.45, 7) is 12.2. The summed E-state index contributed by atoms with van der Waals surface area (Å²) >= 11 is 0. The number of ether oxygens (including phenoxy) is 2. The van der Waals surface area contributed by atoms with Crippen LogP contribution < -0.4 is 16.0 Å². The molecule has 2 aliphatic carbocycles. The van der Waals surface area contributed by atoms with E-state index in [0.29, 0.717) is 30.7 Å². The van der Waals surface area contributed by atoms with Gasteiger partial charge >= 0.3 is 6.09 Å². The van der Waals surface area contributed by atoms with Gasteiger partial charge in [0, 0.05) is 31.2 Å². The van der Waals surface area contributed by atoms with Gasteiger partial charge in [0.2, 0.25) is 0 Å². The van der Waals surface area contributed by atoms with Gasteiger partial charge in [-0.3, -0.25) is 4.99 Å². The summed E-state index contributed by atoms with van der Waals surface area (Å²) < 4.78 is 11.1. The summed E-state index contributed by atoms with van der Waals surface area (Å²) in [4.78, 5) is 16.2. The molecule has 150 valence electrons. The Labute approximate surface area is 157 Å². The predicted octanol–water partition coefficient (Wildman–Crippen LogP) is 2.41. The molecule has 0 aliphatic heterocycles. The first-order chi connectivity index (χ1) is 12.3. The van der Waals surface area contributed by atoms with E-state index in [0.717, 1.165) is 25.5 Å². The molecule has 2 atom stereocenters. The first kappa shape index (κ1) is 20.8. The average molecular weight is 369 g/mol. The van der Waals surface area contributed by atoms with Gasteiger partial charge in [0.1, 0.15) is 5.60 Å². The van der Waals surface area contributed by atoms with Crippen molar-refractivity contribution in [3.8, 4) is 0 Å². The van der Waals surface area contributed by atoms with Crippen molar-refractivity contribution in [3.05, 3.63) is 0 Å². The Morgan fingerprint density at radius 2 is 1.96 bits per heavy atom. The summed E-state index contributed by atoms with van der Waals surface area (Å²) in [5.41, 5.74) is -0.191. The van der Waals surface area contributed by atoms with Crippen LogP contribution in [0.4, 0.5) is 4.79 Å². The first-order valence-electron chi connectivity index (χ1n) is 9.94. The molecule has 0 aromatic heterocycles. The molecule has 2 rings (SSSR count). The summed E-state index contributed by atoms with van der Waals surface area (Å²) in [5, 5.41) is 9.61. The van der Waals surface area contributed by atoms with Crippen molar-refractivity contribution in [1.82, 2.24) is 16.0 Å². The Bertz CT molecular complexity index is 498. The molecule has 2 saturated carbocycles. The van der Waals surface area contributed by atoms with Gasteiger partial charge < -0.3 is 25.4 Å². The highest BCUT2D eigenvalue weighted by molar-refractivity contribution is 5.80. The fraction of sp³-hybridized carbons (Fsp3) is 0.895. The minimum Gasteiger partial charge on any atom is -0.444 e. The smallest absolute Gasteiger partial charge is 0.407 e. The fourth-order valence-electron chi connectivity index (χ4n) is 3.77. The number of guanidine groups is 1. The van der Waals surface area contributed by atoms with Crippen LogP contribution in [0.3, 0.4) is 0 Å². The number of amides is 1. The number of alkyl carbamates (subject to hydrolysis) is 1. The van der Waals surface area contributed by atoms with E-state index in [1.165, 1.54) is 19.3 Å². The molecule has 0 aromatic carbocycles. The Morgan fingerprint density at radius 3 is 2.50 bits per heavy atom. The number of hydrogen-bond acceptors (Lipinski definition) is 4. The second-order valence-electron chi connectivity index (χ2n) is 8.15. The number of carbonyl (C=O) groups excluding carboxylic acids is 1. The van der Waals surface area contributed by atoms with Crippen molar-refractivity contribution in [1.29, 1.82) is 0 Å². The minimum absolute atomic E-state index is 0.293. The van der Waals surface area contributed by atoms with Crippen LogP contribution in [0.15, 0.2) is 4.99 Å². The first-order valence-corrected chi connectivity index (χ1v) is 9.94. The SMILES string of the molecule is CCNC(=NCCNC(=O)OC(C)(C)C)NC1CC(OCC)C12CCC2. The second-order valence-corrected chi connectivity index (χ2v) is 8.15. The van der Waals surface area contributed by atoms with Crippen molar-refractivity contribution < 1.29 is 14.3 Å². The third kappa shape index (κ3) is 5.25. The van der Waals surface area contributed by atoms with Gasteiger partial charge in [-0.25, -0.2) is 4.79 Å². The largest absolute Gasteiger partial charge is 0.444 e. The van der Waals surface area contributed by atoms with Crippen molar-refractivity contribution >= 4 is 12.1 Å². The zero-order valence-electron chi connectivity index (χ0n) is 17.0. The lowest BCUT2D eigenvalue weighted by atomic mass is 9.51. The molecule has 0 radical (unpaired) electrons. The third-order valence-corrected chi connectivity index (χ3v) is 5.14. The molecule has 26 heavy (non-hydrogen) atoms. The van der Waals surface area contributed by atoms with E-state index in [4.69, 9.17) is 9.47 Å². The van der Waals surface area contributed by atoms with Crippen LogP contribution in [0, 0.1) is 5.41 Å². The Hall–Kier alpha value is -1.50. The van der Waals surface area contributed by atoms with E-state index in [2.05, 4.69) is 34.8 Å². The number of rotatable bonds is 7. The molecule has 2 fully saturated rings. The van der Waals surface area contributed by atoms with Crippen LogP contribution in [0.1, 0.15) is 60.3 Å². The third-order valence-electron chi connectivity index (χ3n) is 5.14. The molecule has 2 aliphatic rings. The topological polar surface area (TPSA) is 84.0 Å². The number of hydrogen-bond donors (Lipinski definition) is 3. The van der Waals surface area contributed by atoms with E-state index < -0.39 is 11.7 Å². The lowest BCUT2D eigenvalue weighted by Gasteiger charge is -2.61. The standard InChI is InChI=1S/C19H36N4O3/c1-6-20-16(21-11-12-22-17(24)26-18(3,4)5)23-14-13-15(25-7-2)19(14)9-8-10-19/h14-15H,6-13H2,1-5H3,(H,22,24)(H2,20,21,23). The molecule has 0 aromatic rings. The molecule has 0 heterocycles. The number of nitrogens with zero attached hydrogens (tertiary/aromatic N) is 1. The maximum Gasteiger partial charge on any atom is 0.407 e. The van der Waals surface area contributed by atoms with Crippen molar-refractivity contribution in [2.24, 2.45) is 10.4 Å². The fourth-order valence-corrected chi connectivity index (χ4v) is 3.77. The normalized spacial score (nSPS) is 24.4. The molecule has 7 heteroatoms. The minimum atomic E-state index is -0.484. The van der Waals surface area contributed by atoms with Gasteiger partial charge in [-0.05, 0) is 53.9 Å². The van der Waals surface area contributed by atoms with Gasteiger partial charge in [0.05, 0.1) is 12.6 Å². The van der Waals surface area contributed by atoms with E-state index >= 15 is 0 Å². The van der Waals surface area contributed by atoms with Crippen molar-refractivity contribution in [3.63, 3.8) is 0 Å². The maximum absolute atomic E-state index is 11.7. The number of carbonyl (C=O) groups is 1. The highest BCUT2D eigenvalue weighted by Crippen LogP contribution is 2.57. The average Bonchev–Trinajstić information content (AvgIpc) is 2.46. The molecular formula is C19H36N4O3. The van der Waals surface area contributed by atoms with Gasteiger partial charge in [-0.1, -0.05) is 6.42 Å². The monoisotopic (exact) mass is 368 g/mol. The Kier molecular flexibility index (Phi) is 7.15. The van der Waals surface area contributed by atoms with Crippen molar-refractivity contribution in [2.75, 3.05) is 26.2 Å². The van der Waals surface area contributed by atoms with Crippen LogP contribution in [0.25, 0.3) is 0 Å². The molecular weight excluding hydrogens is 332 g/mol. The summed E-state index contributed by atoms with van der Waals surface area (Å²) in [6.07, 6.45) is 4.76. The molecule has 3 N–H and O–H groups in total. The van der Waals surface area contributed by atoms with E-state index in [9.17, 15) is 4.79 Å². The highest BCUT2D eigenvalue weighted by atomic mass is 16.6. The van der Waals surface area contributed by atoms with Crippen LogP contribution in [-0.2, 0) is 9.47 Å². The summed E-state index contributed by atoms with van der Waals surface area (Å²) in [6, 6.07) is 0.421. The highest BCUT2D eigenvalue weighted by Gasteiger charge is 2.59. The lowest BCUT2D eigenvalue weighted by Crippen LogP contribution is -2.68. The van der Waals surface area contributed by atoms with Crippen LogP contribution in [-0.4, -0.2) is 56.0 Å². The quantitative estimate of drug-likeness (QED) is 0.365. The zero-order valence-corrected chi connectivity index (χ0v) is 17.0.